The molecule has 1 aromatic carbocycles. The first-order chi connectivity index (χ1) is 12.4. The van der Waals surface area contributed by atoms with Gasteiger partial charge in [-0.15, -0.1) is 0 Å². The van der Waals surface area contributed by atoms with Crippen molar-refractivity contribution in [2.75, 3.05) is 18.1 Å². The van der Waals surface area contributed by atoms with Gasteiger partial charge in [0.1, 0.15) is 17.3 Å². The molecule has 0 aliphatic carbocycles. The van der Waals surface area contributed by atoms with Gasteiger partial charge in [0.2, 0.25) is 0 Å². The van der Waals surface area contributed by atoms with E-state index in [2.05, 4.69) is 0 Å². The van der Waals surface area contributed by atoms with E-state index in [0.717, 1.165) is 5.76 Å². The minimum atomic E-state index is -3.12. The van der Waals surface area contributed by atoms with E-state index in [1.165, 1.54) is 0 Å². The third-order valence-electron chi connectivity index (χ3n) is 4.45. The van der Waals surface area contributed by atoms with Crippen molar-refractivity contribution >= 4 is 15.7 Å². The second kappa shape index (κ2) is 7.53. The van der Waals surface area contributed by atoms with Gasteiger partial charge in [0.25, 0.3) is 5.91 Å². The monoisotopic (exact) mass is 377 g/mol. The van der Waals surface area contributed by atoms with E-state index in [0.29, 0.717) is 30.1 Å². The first-order valence-corrected chi connectivity index (χ1v) is 10.5. The Kier molecular flexibility index (Phi) is 5.36. The number of carbonyl (C=O) groups excluding carboxylic acids is 1. The maximum Gasteiger partial charge on any atom is 0.258 e. The largest absolute Gasteiger partial charge is 0.493 e. The third-order valence-corrected chi connectivity index (χ3v) is 6.20. The Balaban J connectivity index is 1.93. The zero-order valence-electron chi connectivity index (χ0n) is 15.0. The van der Waals surface area contributed by atoms with Crippen LogP contribution in [0.1, 0.15) is 35.2 Å². The molecule has 0 spiro atoms. The van der Waals surface area contributed by atoms with E-state index in [9.17, 15) is 13.2 Å². The van der Waals surface area contributed by atoms with Crippen molar-refractivity contribution in [1.82, 2.24) is 4.90 Å². The second-order valence-corrected chi connectivity index (χ2v) is 8.66. The molecule has 1 aliphatic heterocycles. The summed E-state index contributed by atoms with van der Waals surface area (Å²) in [6.45, 7) is 4.36. The molecule has 0 saturated carbocycles. The van der Waals surface area contributed by atoms with E-state index in [-0.39, 0.29) is 30.0 Å². The highest BCUT2D eigenvalue weighted by Gasteiger charge is 2.36. The van der Waals surface area contributed by atoms with Crippen molar-refractivity contribution in [1.29, 1.82) is 0 Å². The van der Waals surface area contributed by atoms with Crippen LogP contribution in [-0.4, -0.2) is 43.4 Å². The number of hydrogen-bond donors (Lipinski definition) is 0. The van der Waals surface area contributed by atoms with Gasteiger partial charge in [-0.05, 0) is 44.5 Å². The highest BCUT2D eigenvalue weighted by atomic mass is 32.2. The van der Waals surface area contributed by atoms with Crippen LogP contribution in [0.5, 0.6) is 5.75 Å². The van der Waals surface area contributed by atoms with Gasteiger partial charge in [0.05, 0.1) is 30.2 Å². The van der Waals surface area contributed by atoms with Gasteiger partial charge in [-0.3, -0.25) is 4.79 Å². The number of hydrogen-bond acceptors (Lipinski definition) is 5. The van der Waals surface area contributed by atoms with Gasteiger partial charge >= 0.3 is 0 Å². The predicted octanol–water partition coefficient (Wildman–Crippen LogP) is 2.82. The molecule has 140 valence electrons. The SMILES string of the molecule is CCOc1ccccc1C(=O)N(Cc1ccc(C)o1)[C@H]1CCS(=O)(=O)C1. The van der Waals surface area contributed by atoms with Crippen LogP contribution in [0.3, 0.4) is 0 Å². The Morgan fingerprint density at radius 3 is 2.65 bits per heavy atom. The Hall–Kier alpha value is -2.28. The Morgan fingerprint density at radius 2 is 2.04 bits per heavy atom. The minimum Gasteiger partial charge on any atom is -0.493 e. The van der Waals surface area contributed by atoms with Crippen molar-refractivity contribution in [3.63, 3.8) is 0 Å². The molecule has 0 radical (unpaired) electrons. The van der Waals surface area contributed by atoms with Crippen LogP contribution in [0, 0.1) is 6.92 Å². The van der Waals surface area contributed by atoms with Crippen LogP contribution < -0.4 is 4.74 Å². The van der Waals surface area contributed by atoms with Crippen LogP contribution in [-0.2, 0) is 16.4 Å². The average molecular weight is 377 g/mol. The van der Waals surface area contributed by atoms with Gasteiger partial charge in [0.15, 0.2) is 9.84 Å². The molecule has 0 N–H and O–H groups in total. The first-order valence-electron chi connectivity index (χ1n) is 8.68. The summed E-state index contributed by atoms with van der Waals surface area (Å²) in [7, 11) is -3.12. The van der Waals surface area contributed by atoms with Crippen molar-refractivity contribution < 1.29 is 22.4 Å². The van der Waals surface area contributed by atoms with Gasteiger partial charge in [0, 0.05) is 6.04 Å². The van der Waals surface area contributed by atoms with Crippen molar-refractivity contribution in [3.8, 4) is 5.75 Å². The first kappa shape index (κ1) is 18.5. The lowest BCUT2D eigenvalue weighted by Gasteiger charge is -2.28. The Labute approximate surface area is 153 Å². The zero-order valence-corrected chi connectivity index (χ0v) is 15.8. The molecule has 7 heteroatoms. The molecule has 3 rings (SSSR count). The lowest BCUT2D eigenvalue weighted by atomic mass is 10.1. The topological polar surface area (TPSA) is 76.8 Å². The second-order valence-electron chi connectivity index (χ2n) is 6.43. The van der Waals surface area contributed by atoms with E-state index in [1.54, 1.807) is 23.1 Å². The molecule has 1 aromatic heterocycles. The number of rotatable bonds is 6. The maximum absolute atomic E-state index is 13.3. The van der Waals surface area contributed by atoms with Crippen molar-refractivity contribution in [2.45, 2.75) is 32.9 Å². The van der Waals surface area contributed by atoms with E-state index in [1.807, 2.05) is 32.0 Å². The predicted molar refractivity (Wildman–Crippen MR) is 98.0 cm³/mol. The molecule has 2 aromatic rings. The molecular weight excluding hydrogens is 354 g/mol. The number of benzene rings is 1. The highest BCUT2D eigenvalue weighted by molar-refractivity contribution is 7.91. The normalized spacial score (nSPS) is 18.6. The molecule has 0 bridgehead atoms. The number of ether oxygens (including phenoxy) is 1. The third kappa shape index (κ3) is 4.09. The lowest BCUT2D eigenvalue weighted by Crippen LogP contribution is -2.40. The Morgan fingerprint density at radius 1 is 1.27 bits per heavy atom. The summed E-state index contributed by atoms with van der Waals surface area (Å²) in [5.41, 5.74) is 0.432. The number of amides is 1. The molecule has 6 nitrogen and oxygen atoms in total. The van der Waals surface area contributed by atoms with E-state index >= 15 is 0 Å². The number of nitrogens with zero attached hydrogens (tertiary/aromatic N) is 1. The number of furan rings is 1. The van der Waals surface area contributed by atoms with E-state index in [4.69, 9.17) is 9.15 Å². The van der Waals surface area contributed by atoms with Crippen LogP contribution in [0.2, 0.25) is 0 Å². The molecule has 1 saturated heterocycles. The standard InChI is InChI=1S/C19H23NO5S/c1-3-24-18-7-5-4-6-17(18)19(21)20(12-16-9-8-14(2)25-16)15-10-11-26(22,23)13-15/h4-9,15H,3,10-13H2,1-2H3/t15-/m0/s1. The van der Waals surface area contributed by atoms with Gasteiger partial charge in [-0.25, -0.2) is 8.42 Å². The number of sulfone groups is 1. The lowest BCUT2D eigenvalue weighted by molar-refractivity contribution is 0.0661. The van der Waals surface area contributed by atoms with Crippen molar-refractivity contribution in [3.05, 3.63) is 53.5 Å². The Bertz CT molecular complexity index is 887. The molecule has 1 amide bonds. The number of para-hydroxylation sites is 1. The molecule has 0 unspecified atom stereocenters. The smallest absolute Gasteiger partial charge is 0.258 e. The maximum atomic E-state index is 13.3. The summed E-state index contributed by atoms with van der Waals surface area (Å²) < 4.78 is 35.1. The molecule has 1 atom stereocenters. The molecule has 1 aliphatic rings. The summed E-state index contributed by atoms with van der Waals surface area (Å²) in [4.78, 5) is 14.9. The summed E-state index contributed by atoms with van der Waals surface area (Å²) in [5.74, 6) is 1.72. The van der Waals surface area contributed by atoms with Gasteiger partial charge < -0.3 is 14.1 Å². The molecule has 2 heterocycles. The van der Waals surface area contributed by atoms with Crippen LogP contribution in [0.25, 0.3) is 0 Å². The quantitative estimate of drug-likeness (QED) is 0.774. The minimum absolute atomic E-state index is 0.0186. The fraction of sp³-hybridized carbons (Fsp3) is 0.421. The highest BCUT2D eigenvalue weighted by Crippen LogP contribution is 2.26. The summed E-state index contributed by atoms with van der Waals surface area (Å²) in [6, 6.07) is 10.3. The van der Waals surface area contributed by atoms with Crippen molar-refractivity contribution in [2.24, 2.45) is 0 Å². The average Bonchev–Trinajstić information content (AvgIpc) is 3.18. The summed E-state index contributed by atoms with van der Waals surface area (Å²) >= 11 is 0. The van der Waals surface area contributed by atoms with Crippen LogP contribution in [0.4, 0.5) is 0 Å². The molecule has 1 fully saturated rings. The fourth-order valence-electron chi connectivity index (χ4n) is 3.21. The fourth-order valence-corrected chi connectivity index (χ4v) is 4.94. The molecule has 26 heavy (non-hydrogen) atoms. The van der Waals surface area contributed by atoms with E-state index < -0.39 is 9.84 Å². The van der Waals surface area contributed by atoms with Crippen LogP contribution >= 0.6 is 0 Å². The summed E-state index contributed by atoms with van der Waals surface area (Å²) in [5, 5.41) is 0. The number of aryl methyl sites for hydroxylation is 1. The summed E-state index contributed by atoms with van der Waals surface area (Å²) in [6.07, 6.45) is 0.435. The van der Waals surface area contributed by atoms with Gasteiger partial charge in [-0.2, -0.15) is 0 Å². The van der Waals surface area contributed by atoms with Crippen LogP contribution in [0.15, 0.2) is 40.8 Å². The molecular formula is C19H23NO5S. The number of carbonyl (C=O) groups is 1. The van der Waals surface area contributed by atoms with Gasteiger partial charge in [-0.1, -0.05) is 12.1 Å². The zero-order chi connectivity index (χ0) is 18.7.